The van der Waals surface area contributed by atoms with Gasteiger partial charge in [0.15, 0.2) is 12.6 Å². The maximum absolute atomic E-state index is 11.3. The Morgan fingerprint density at radius 2 is 0.705 bits per heavy atom. The monoisotopic (exact) mass is 1210 g/mol. The molecule has 88 heavy (non-hydrogen) atoms. The van der Waals surface area contributed by atoms with Gasteiger partial charge in [-0.3, -0.25) is 9.59 Å². The van der Waals surface area contributed by atoms with E-state index in [-0.39, 0.29) is 126 Å². The largest absolute Gasteiger partial charge is 1.00 e. The van der Waals surface area contributed by atoms with Gasteiger partial charge in [-0.2, -0.15) is 0 Å². The number of benzene rings is 6. The van der Waals surface area contributed by atoms with Gasteiger partial charge >= 0.3 is 29.6 Å². The van der Waals surface area contributed by atoms with Crippen LogP contribution in [0.25, 0.3) is 32.3 Å². The Labute approximate surface area is 604 Å². The summed E-state index contributed by atoms with van der Waals surface area (Å²) in [6, 6.07) is 26.4. The van der Waals surface area contributed by atoms with Crippen molar-refractivity contribution in [2.75, 3.05) is 0 Å². The van der Waals surface area contributed by atoms with Crippen LogP contribution in [0.3, 0.4) is 0 Å². The molecule has 0 heterocycles. The fourth-order valence-corrected chi connectivity index (χ4v) is 6.22. The molecule has 0 fully saturated rings. The summed E-state index contributed by atoms with van der Waals surface area (Å²) in [6.07, 6.45) is 16.3. The summed E-state index contributed by atoms with van der Waals surface area (Å²) in [5.74, 6) is 100. The van der Waals surface area contributed by atoms with E-state index in [1.807, 2.05) is 62.4 Å². The topological polar surface area (TPSA) is 113 Å². The van der Waals surface area contributed by atoms with Gasteiger partial charge in [0, 0.05) is 219 Å². The minimum atomic E-state index is -0.0433. The van der Waals surface area contributed by atoms with Crippen LogP contribution < -0.4 is 39.0 Å². The van der Waals surface area contributed by atoms with Gasteiger partial charge in [-0.1, -0.05) is 36.4 Å². The molecular weight excluding hydrogens is 1090 g/mol. The third kappa shape index (κ3) is 27.0. The number of carbonyl (C=O) groups excluding carboxylic acids is 2. The van der Waals surface area contributed by atoms with Crippen molar-refractivity contribution in [1.29, 1.82) is 0 Å². The molecule has 0 atom stereocenters. The quantitative estimate of drug-likeness (QED) is 0.0895. The molecule has 0 aromatic heterocycles. The van der Waals surface area contributed by atoms with Crippen molar-refractivity contribution in [3.63, 3.8) is 0 Å². The van der Waals surface area contributed by atoms with Crippen LogP contribution in [0.15, 0.2) is 91.0 Å². The summed E-state index contributed by atoms with van der Waals surface area (Å²) in [6.45, 7) is 3.84. The maximum Gasteiger partial charge on any atom is 1.00 e. The molecule has 9 heteroatoms. The Hall–Kier alpha value is -14.0. The van der Waals surface area contributed by atoms with E-state index in [4.69, 9.17) is 22.3 Å². The molecule has 7 nitrogen and oxygen atoms in total. The summed E-state index contributed by atoms with van der Waals surface area (Å²) in [5, 5.41) is 33.2. The molecule has 0 aliphatic heterocycles. The number of aromatic hydroxyl groups is 2. The number of aliphatic hydroxyl groups is 1. The molecule has 0 unspecified atom stereocenters. The third-order valence-electron chi connectivity index (χ3n) is 9.84. The van der Waals surface area contributed by atoms with Gasteiger partial charge in [0.2, 0.25) is 0 Å². The Morgan fingerprint density at radius 1 is 0.398 bits per heavy atom. The van der Waals surface area contributed by atoms with E-state index in [0.29, 0.717) is 28.7 Å². The fourth-order valence-electron chi connectivity index (χ4n) is 6.22. The first-order valence-corrected chi connectivity index (χ1v) is 24.0. The molecule has 3 radical (unpaired) electrons. The number of terminal acetylenes is 2. The number of rotatable bonds is 5. The number of ether oxygens (including phenoxy) is 2. The van der Waals surface area contributed by atoms with E-state index in [9.17, 15) is 24.9 Å². The second-order valence-corrected chi connectivity index (χ2v) is 15.2. The van der Waals surface area contributed by atoms with Gasteiger partial charge in [-0.05, 0) is 212 Å². The zero-order valence-corrected chi connectivity index (χ0v) is 48.7. The smallest absolute Gasteiger partial charge is 1.00 e. The Bertz CT molecular complexity index is 5370. The molecule has 0 aliphatic carbocycles. The number of fused-ring (bicyclic) bond motifs is 3. The van der Waals surface area contributed by atoms with Crippen LogP contribution in [0, 0.1) is 276 Å². The molecule has 6 rings (SSSR count). The van der Waals surface area contributed by atoms with Crippen LogP contribution >= 0.6 is 0 Å². The average Bonchev–Trinajstić information content (AvgIpc) is 0.820. The number of phenols is 2. The summed E-state index contributed by atoms with van der Waals surface area (Å²) >= 11 is 0. The molecule has 0 saturated heterocycles. The first-order valence-electron chi connectivity index (χ1n) is 24.0. The van der Waals surface area contributed by atoms with Crippen LogP contribution in [-0.2, 0) is 6.61 Å². The van der Waals surface area contributed by atoms with Crippen molar-refractivity contribution in [2.45, 2.75) is 20.5 Å². The second kappa shape index (κ2) is 43.7. The first kappa shape index (κ1) is 70.1. The van der Waals surface area contributed by atoms with Gasteiger partial charge in [0.1, 0.15) is 35.2 Å². The van der Waals surface area contributed by atoms with Crippen LogP contribution in [0.5, 0.6) is 23.0 Å². The van der Waals surface area contributed by atoms with Gasteiger partial charge in [-0.25, -0.2) is 0 Å². The van der Waals surface area contributed by atoms with Gasteiger partial charge in [0.25, 0.3) is 0 Å². The number of aldehydes is 2. The van der Waals surface area contributed by atoms with Crippen molar-refractivity contribution in [1.82, 2.24) is 0 Å². The van der Waals surface area contributed by atoms with E-state index in [1.165, 1.54) is 12.1 Å². The third-order valence-corrected chi connectivity index (χ3v) is 9.84. The van der Waals surface area contributed by atoms with Gasteiger partial charge in [0.05, 0.1) is 12.2 Å². The molecule has 6 aromatic carbocycles. The number of aliphatic hydroxyl groups excluding tert-OH is 1. The van der Waals surface area contributed by atoms with E-state index >= 15 is 0 Å². The molecule has 0 bridgehead atoms. The molecule has 0 saturated carbocycles. The summed E-state index contributed by atoms with van der Waals surface area (Å²) in [5.41, 5.74) is 3.78. The van der Waals surface area contributed by atoms with Crippen LogP contribution in [0.2, 0.25) is 0 Å². The second-order valence-electron chi connectivity index (χ2n) is 15.2. The summed E-state index contributed by atoms with van der Waals surface area (Å²) < 4.78 is 10.8. The molecule has 0 amide bonds. The predicted molar refractivity (Wildman–Crippen MR) is 436 cm³/mol. The van der Waals surface area contributed by atoms with Crippen molar-refractivity contribution in [2.24, 2.45) is 0 Å². The zero-order chi connectivity index (χ0) is 61.5. The van der Waals surface area contributed by atoms with E-state index in [0.717, 1.165) is 49.9 Å². The SMILES string of the molecule is C#CC#CC#CC#CC#CC#CC#CC#CC#CC#CC#COc1ccc2c(C=O)c(C)ccc2c1.C#CC#CC#CC#CC#CC#CC#CC#CC#CC#CC#COc1ccc2c(CO)c(C)ccc2c1.O=Cc1c(O)ccc2cc(O)ccc12.[B].[H-].[HH].[HH].[HH].[HH].[HH].[HH].[HH].[HH].[HH].[HH].[HH].[HH].[HH].[HH].[HH].[HH].[HH].[HH].[HH].[HH].[HH].[HH].[HH].[HH].[HH].[HH].[HH].[HH].[HH].[HH].[HH].[HH].[HH].[HH].[HH].[HH].[HH].[HH].[HH].[HH].[HH].[HH].[HH].[HH].[Na+]. The van der Waals surface area contributed by atoms with Crippen LogP contribution in [0.4, 0.5) is 0 Å². The Morgan fingerprint density at radius 3 is 1.08 bits per heavy atom. The van der Waals surface area contributed by atoms with Gasteiger partial charge < -0.3 is 26.2 Å². The van der Waals surface area contributed by atoms with Crippen molar-refractivity contribution < 1.29 is 128 Å². The summed E-state index contributed by atoms with van der Waals surface area (Å²) in [4.78, 5) is 22.0. The van der Waals surface area contributed by atoms with Crippen LogP contribution in [0.1, 0.15) is 102 Å². The molecule has 0 spiro atoms. The molecular formula is C79H119BNaO7. The zero-order valence-electron chi connectivity index (χ0n) is 47.7. The molecule has 6 aromatic rings. The predicted octanol–water partition coefficient (Wildman–Crippen LogP) is 15.2. The Kier molecular flexibility index (Phi) is 34.8. The van der Waals surface area contributed by atoms with Gasteiger partial charge in [-0.15, -0.1) is 12.8 Å². The molecule has 481 valence electrons. The van der Waals surface area contributed by atoms with Crippen molar-refractivity contribution in [3.05, 3.63) is 119 Å². The Balaban J connectivity index is -0.0000000188. The fraction of sp³-hybridized carbons (Fsp3) is 0.0380. The maximum atomic E-state index is 11.3. The average molecular weight is 1210 g/mol. The summed E-state index contributed by atoms with van der Waals surface area (Å²) in [7, 11) is 0. The minimum Gasteiger partial charge on any atom is -1.00 e. The number of carbonyl (C=O) groups is 2. The number of hydrogen-bond acceptors (Lipinski definition) is 7. The van der Waals surface area contributed by atoms with Crippen molar-refractivity contribution >= 4 is 53.3 Å². The number of aryl methyl sites for hydroxylation is 2. The molecule has 0 aliphatic rings. The normalized spacial score (nSPS) is 7.06. The minimum absolute atomic E-state index is 0. The van der Waals surface area contributed by atoms with E-state index < -0.39 is 0 Å². The van der Waals surface area contributed by atoms with Crippen molar-refractivity contribution in [3.8, 4) is 285 Å². The standard InChI is InChI=1S/C34H12O2.C34H10O2.C11H8O3.B.Na.44H2.H/c2*1-3-4-5-6-7-8-9-10-11-12-13-14-15-16-17-18-19-20-21-22-27-36-32-25-26-33-31(28-32)24-23-30(2)34(33)29-35;12-6-10-9-3-2-8(13)5-7(9)1-4-11(10)14;;;;;;;;;;;;;;;;;;;;;;;;;;;;;;;;;;;;;;;;;;;;;;;/h1,23-26,28,35H,29H2,2H3;1,23-26,28-29H,2H3;1-6,13-14H;;;44*1H;/q;;;;+1;;;;;;;;;;;;;;;;;;;;;;;;;;;;;;;;;;;;;;;;;;;;;-1. The van der Waals surface area contributed by atoms with Crippen LogP contribution in [-0.4, -0.2) is 36.3 Å². The first-order chi connectivity index (χ1) is 42.2. The van der Waals surface area contributed by atoms with E-state index in [1.54, 1.807) is 30.3 Å². The number of hydrogen-bond donors (Lipinski definition) is 3. The molecule has 3 N–H and O–H groups in total. The number of phenolic OH excluding ortho intramolecular Hbond substituents is 2. The van der Waals surface area contributed by atoms with E-state index in [2.05, 4.69) is 249 Å².